The molecule has 2 aliphatic heterocycles. The van der Waals surface area contributed by atoms with E-state index in [9.17, 15) is 14.6 Å². The highest BCUT2D eigenvalue weighted by Crippen LogP contribution is 2.42. The fourth-order valence-corrected chi connectivity index (χ4v) is 2.34. The second-order valence-corrected chi connectivity index (χ2v) is 4.96. The van der Waals surface area contributed by atoms with Gasteiger partial charge in [0.05, 0.1) is 6.61 Å². The summed E-state index contributed by atoms with van der Waals surface area (Å²) >= 11 is 0. The highest BCUT2D eigenvalue weighted by molar-refractivity contribution is 5.33. The second kappa shape index (κ2) is 5.53. The molecule has 2 rings (SSSR count). The van der Waals surface area contributed by atoms with Crippen molar-refractivity contribution in [1.29, 1.82) is 0 Å². The van der Waals surface area contributed by atoms with E-state index in [4.69, 9.17) is 9.84 Å². The van der Waals surface area contributed by atoms with Gasteiger partial charge in [-0.05, 0) is 25.4 Å². The first kappa shape index (κ1) is 15.0. The lowest BCUT2D eigenvalue weighted by Crippen LogP contribution is -2.58. The molecule has 20 heavy (non-hydrogen) atoms. The van der Waals surface area contributed by atoms with Gasteiger partial charge >= 0.3 is 0 Å². The maximum atomic E-state index is 13.8. The minimum atomic E-state index is -1.23. The van der Waals surface area contributed by atoms with Gasteiger partial charge in [-0.15, -0.1) is 0 Å². The van der Waals surface area contributed by atoms with Crippen molar-refractivity contribution in [2.75, 3.05) is 6.61 Å². The smallest absolute Gasteiger partial charge is 0.160 e. The zero-order chi connectivity index (χ0) is 14.9. The lowest BCUT2D eigenvalue weighted by Gasteiger charge is -2.48. The van der Waals surface area contributed by atoms with Crippen LogP contribution in [0.2, 0.25) is 0 Å². The molecule has 2 heterocycles. The van der Waals surface area contributed by atoms with Crippen molar-refractivity contribution in [3.63, 3.8) is 0 Å². The van der Waals surface area contributed by atoms with Gasteiger partial charge in [0.1, 0.15) is 29.7 Å². The first-order chi connectivity index (χ1) is 9.45. The summed E-state index contributed by atoms with van der Waals surface area (Å²) in [5.74, 6) is -0.391. The molecular weight excluding hydrogens is 267 g/mol. The fraction of sp³-hybridized carbons (Fsp3) is 0.538. The van der Waals surface area contributed by atoms with Gasteiger partial charge in [0.2, 0.25) is 0 Å². The Bertz CT molecular complexity index is 442. The van der Waals surface area contributed by atoms with Crippen LogP contribution in [0, 0.1) is 0 Å². The normalized spacial score (nSPS) is 40.6. The minimum Gasteiger partial charge on any atom is -0.394 e. The molecule has 0 aromatic rings. The quantitative estimate of drug-likeness (QED) is 0.548. The van der Waals surface area contributed by atoms with Crippen LogP contribution in [0.1, 0.15) is 6.92 Å². The number of halogens is 1. The summed E-state index contributed by atoms with van der Waals surface area (Å²) in [5, 5.41) is 31.5. The molecule has 0 spiro atoms. The number of nitrogens with one attached hydrogen (secondary N) is 1. The average Bonchev–Trinajstić information content (AvgIpc) is 2.72. The van der Waals surface area contributed by atoms with E-state index in [-0.39, 0.29) is 0 Å². The molecule has 3 unspecified atom stereocenters. The van der Waals surface area contributed by atoms with Gasteiger partial charge in [-0.25, -0.2) is 4.39 Å². The number of aliphatic hydroxyl groups excluding tert-OH is 3. The molecule has 0 aromatic heterocycles. The summed E-state index contributed by atoms with van der Waals surface area (Å²) in [5.41, 5.74) is -1.08. The van der Waals surface area contributed by atoms with Crippen LogP contribution in [0.25, 0.3) is 0 Å². The largest absolute Gasteiger partial charge is 0.394 e. The molecule has 0 aromatic carbocycles. The van der Waals surface area contributed by atoms with Crippen LogP contribution < -0.4 is 5.32 Å². The molecule has 0 saturated carbocycles. The summed E-state index contributed by atoms with van der Waals surface area (Å²) in [4.78, 5) is 1.47. The molecule has 0 bridgehead atoms. The summed E-state index contributed by atoms with van der Waals surface area (Å²) in [6.07, 6.45) is 1.49. The van der Waals surface area contributed by atoms with Crippen molar-refractivity contribution in [3.05, 3.63) is 37.1 Å². The van der Waals surface area contributed by atoms with Crippen LogP contribution in [0.5, 0.6) is 0 Å². The van der Waals surface area contributed by atoms with Gasteiger partial charge in [0, 0.05) is 6.20 Å². The molecule has 5 atom stereocenters. The lowest BCUT2D eigenvalue weighted by atomic mass is 9.90. The van der Waals surface area contributed by atoms with E-state index < -0.39 is 42.5 Å². The fourth-order valence-electron chi connectivity index (χ4n) is 2.34. The number of aliphatic hydroxyl groups is 3. The van der Waals surface area contributed by atoms with Crippen LogP contribution in [0.3, 0.4) is 0 Å². The second-order valence-electron chi connectivity index (χ2n) is 4.96. The van der Waals surface area contributed by atoms with Crippen molar-refractivity contribution in [3.8, 4) is 0 Å². The van der Waals surface area contributed by atoms with E-state index in [2.05, 4.69) is 11.9 Å². The molecule has 112 valence electrons. The van der Waals surface area contributed by atoms with Gasteiger partial charge in [0.15, 0.2) is 6.23 Å². The highest BCUT2D eigenvalue weighted by Gasteiger charge is 2.53. The van der Waals surface area contributed by atoms with E-state index in [0.29, 0.717) is 0 Å². The number of rotatable bonds is 5. The van der Waals surface area contributed by atoms with Crippen molar-refractivity contribution in [2.45, 2.75) is 37.0 Å². The predicted molar refractivity (Wildman–Crippen MR) is 69.7 cm³/mol. The van der Waals surface area contributed by atoms with Crippen molar-refractivity contribution < 1.29 is 24.4 Å². The van der Waals surface area contributed by atoms with E-state index >= 15 is 0 Å². The monoisotopic (exact) mass is 286 g/mol. The topological polar surface area (TPSA) is 85.2 Å². The van der Waals surface area contributed by atoms with E-state index in [0.717, 1.165) is 0 Å². The third kappa shape index (κ3) is 2.22. The van der Waals surface area contributed by atoms with Crippen LogP contribution in [-0.2, 0) is 4.74 Å². The molecule has 1 saturated heterocycles. The standard InChI is InChI=1S/C13H19FN2O4/c1-3-15-5-4-13(2)9(14)6-16(13)12-11(19)10(18)8(7-17)20-12/h3-6,8,10-12,15,17-19H,1,7H2,2H3/b5-4-/t8-,10?,11?,12-,13?/m1/s1. The Labute approximate surface area is 116 Å². The molecule has 0 amide bonds. The van der Waals surface area contributed by atoms with E-state index in [1.807, 2.05) is 0 Å². The van der Waals surface area contributed by atoms with Crippen molar-refractivity contribution in [1.82, 2.24) is 10.2 Å². The van der Waals surface area contributed by atoms with Gasteiger partial charge < -0.3 is 30.3 Å². The van der Waals surface area contributed by atoms with Gasteiger partial charge in [-0.1, -0.05) is 6.58 Å². The Hall–Kier alpha value is -1.41. The first-order valence-electron chi connectivity index (χ1n) is 6.29. The third-order valence-corrected chi connectivity index (χ3v) is 3.69. The minimum absolute atomic E-state index is 0.391. The maximum Gasteiger partial charge on any atom is 0.160 e. The third-order valence-electron chi connectivity index (χ3n) is 3.69. The van der Waals surface area contributed by atoms with E-state index in [1.165, 1.54) is 23.5 Å². The van der Waals surface area contributed by atoms with Gasteiger partial charge in [-0.2, -0.15) is 0 Å². The number of hydrogen-bond acceptors (Lipinski definition) is 6. The molecule has 0 aliphatic carbocycles. The first-order valence-corrected chi connectivity index (χ1v) is 6.29. The maximum absolute atomic E-state index is 13.8. The van der Waals surface area contributed by atoms with Crippen molar-refractivity contribution >= 4 is 0 Å². The summed E-state index contributed by atoms with van der Waals surface area (Å²) in [7, 11) is 0. The highest BCUT2D eigenvalue weighted by atomic mass is 19.1. The zero-order valence-corrected chi connectivity index (χ0v) is 11.1. The number of hydrogen-bond donors (Lipinski definition) is 4. The summed E-state index contributed by atoms with van der Waals surface area (Å²) in [6.45, 7) is 4.66. The SMILES string of the molecule is C=CN/C=C\C1(C)C(F)=CN1[C@@H]1O[C@H](CO)C(O)C1O. The van der Waals surface area contributed by atoms with Crippen LogP contribution >= 0.6 is 0 Å². The molecule has 0 radical (unpaired) electrons. The Kier molecular flexibility index (Phi) is 4.14. The van der Waals surface area contributed by atoms with E-state index in [1.54, 1.807) is 13.0 Å². The summed E-state index contributed by atoms with van der Waals surface area (Å²) < 4.78 is 19.1. The Balaban J connectivity index is 2.15. The van der Waals surface area contributed by atoms with Crippen LogP contribution in [-0.4, -0.2) is 56.9 Å². The van der Waals surface area contributed by atoms with Gasteiger partial charge in [0.25, 0.3) is 0 Å². The Morgan fingerprint density at radius 1 is 1.55 bits per heavy atom. The van der Waals surface area contributed by atoms with Crippen LogP contribution in [0.15, 0.2) is 37.1 Å². The molecule has 4 N–H and O–H groups in total. The molecule has 6 nitrogen and oxygen atoms in total. The molecular formula is C13H19FN2O4. The molecule has 2 aliphatic rings. The lowest BCUT2D eigenvalue weighted by molar-refractivity contribution is -0.114. The molecule has 7 heteroatoms. The van der Waals surface area contributed by atoms with Gasteiger partial charge in [-0.3, -0.25) is 0 Å². The van der Waals surface area contributed by atoms with Crippen LogP contribution in [0.4, 0.5) is 4.39 Å². The summed E-state index contributed by atoms with van der Waals surface area (Å²) in [6, 6.07) is 0. The Morgan fingerprint density at radius 3 is 2.75 bits per heavy atom. The number of nitrogens with zero attached hydrogens (tertiary/aromatic N) is 1. The predicted octanol–water partition coefficient (Wildman–Crippen LogP) is -0.443. The molecule has 1 fully saturated rings. The van der Waals surface area contributed by atoms with Crippen molar-refractivity contribution in [2.24, 2.45) is 0 Å². The average molecular weight is 286 g/mol. The zero-order valence-electron chi connectivity index (χ0n) is 11.1. The number of ether oxygens (including phenoxy) is 1. The Morgan fingerprint density at radius 2 is 2.25 bits per heavy atom.